The molecule has 0 spiro atoms. The van der Waals surface area contributed by atoms with Gasteiger partial charge in [-0.25, -0.2) is 0 Å². The fourth-order valence-corrected chi connectivity index (χ4v) is 2.79. The van der Waals surface area contributed by atoms with Crippen LogP contribution in [0.2, 0.25) is 0 Å². The lowest BCUT2D eigenvalue weighted by Crippen LogP contribution is -2.46. The van der Waals surface area contributed by atoms with E-state index in [-0.39, 0.29) is 17.4 Å². The normalized spacial score (nSPS) is 13.0. The number of aryl methyl sites for hydroxylation is 1. The molecule has 0 aliphatic rings. The van der Waals surface area contributed by atoms with Crippen molar-refractivity contribution in [3.8, 4) is 0 Å². The number of carbonyl (C=O) groups excluding carboxylic acids is 1. The largest absolute Gasteiger partial charge is 0.309 e. The number of carbonyl (C=O) groups is 1. The van der Waals surface area contributed by atoms with E-state index in [0.29, 0.717) is 0 Å². The van der Waals surface area contributed by atoms with Crippen LogP contribution >= 0.6 is 0 Å². The third kappa shape index (κ3) is 5.37. The molecular formula is C21H35NO. The maximum Gasteiger partial charge on any atom is 0.232 e. The first-order valence-corrected chi connectivity index (χ1v) is 9.29. The predicted molar refractivity (Wildman–Crippen MR) is 101 cm³/mol. The summed E-state index contributed by atoms with van der Waals surface area (Å²) in [6, 6.07) is 8.72. The standard InChI is InChI=1S/C21H35NO/c1-7-10-11-13-17(4)22(20(23)21(5,6)9-3)19-15-12-14-18(8-2)16-19/h12,14-17H,7-11,13H2,1-6H3. The molecule has 0 saturated heterocycles. The highest BCUT2D eigenvalue weighted by atomic mass is 16.2. The van der Waals surface area contributed by atoms with Gasteiger partial charge in [-0.1, -0.05) is 66.0 Å². The number of unbranched alkanes of at least 4 members (excludes halogenated alkanes) is 2. The minimum Gasteiger partial charge on any atom is -0.309 e. The summed E-state index contributed by atoms with van der Waals surface area (Å²) in [5, 5.41) is 0. The zero-order chi connectivity index (χ0) is 17.5. The molecular weight excluding hydrogens is 282 g/mol. The summed E-state index contributed by atoms with van der Waals surface area (Å²) in [5.74, 6) is 0.247. The van der Waals surface area contributed by atoms with Gasteiger partial charge in [0.15, 0.2) is 0 Å². The summed E-state index contributed by atoms with van der Waals surface area (Å²) in [6.07, 6.45) is 6.55. The van der Waals surface area contributed by atoms with E-state index < -0.39 is 0 Å². The van der Waals surface area contributed by atoms with Crippen molar-refractivity contribution in [2.75, 3.05) is 4.90 Å². The predicted octanol–water partition coefficient (Wildman–Crippen LogP) is 5.99. The van der Waals surface area contributed by atoms with E-state index >= 15 is 0 Å². The van der Waals surface area contributed by atoms with Gasteiger partial charge in [-0.05, 0) is 43.9 Å². The summed E-state index contributed by atoms with van der Waals surface area (Å²) in [4.78, 5) is 15.3. The van der Waals surface area contributed by atoms with Crippen LogP contribution in [0.25, 0.3) is 0 Å². The minimum absolute atomic E-state index is 0.243. The monoisotopic (exact) mass is 317 g/mol. The zero-order valence-electron chi connectivity index (χ0n) is 16.0. The maximum atomic E-state index is 13.2. The van der Waals surface area contributed by atoms with Crippen molar-refractivity contribution >= 4 is 11.6 Å². The smallest absolute Gasteiger partial charge is 0.232 e. The van der Waals surface area contributed by atoms with E-state index in [0.717, 1.165) is 24.9 Å². The number of anilines is 1. The van der Waals surface area contributed by atoms with Crippen LogP contribution in [0.1, 0.15) is 79.2 Å². The second-order valence-electron chi connectivity index (χ2n) is 7.28. The Kier molecular flexibility index (Phi) is 7.81. The maximum absolute atomic E-state index is 13.2. The van der Waals surface area contributed by atoms with Gasteiger partial charge in [-0.15, -0.1) is 0 Å². The molecule has 1 aromatic rings. The van der Waals surface area contributed by atoms with E-state index in [2.05, 4.69) is 70.7 Å². The van der Waals surface area contributed by atoms with Gasteiger partial charge < -0.3 is 4.90 Å². The summed E-state index contributed by atoms with van der Waals surface area (Å²) >= 11 is 0. The van der Waals surface area contributed by atoms with Gasteiger partial charge in [-0.2, -0.15) is 0 Å². The van der Waals surface area contributed by atoms with Gasteiger partial charge in [0.2, 0.25) is 5.91 Å². The summed E-state index contributed by atoms with van der Waals surface area (Å²) in [7, 11) is 0. The van der Waals surface area contributed by atoms with Crippen LogP contribution < -0.4 is 4.90 Å². The zero-order valence-corrected chi connectivity index (χ0v) is 16.0. The van der Waals surface area contributed by atoms with Gasteiger partial charge in [0, 0.05) is 17.1 Å². The molecule has 1 atom stereocenters. The second-order valence-corrected chi connectivity index (χ2v) is 7.28. The molecule has 1 rings (SSSR count). The van der Waals surface area contributed by atoms with Crippen LogP contribution in [0.3, 0.4) is 0 Å². The third-order valence-electron chi connectivity index (χ3n) is 4.94. The molecule has 0 saturated carbocycles. The molecule has 0 bridgehead atoms. The Bertz CT molecular complexity index is 492. The van der Waals surface area contributed by atoms with Crippen molar-refractivity contribution in [2.45, 2.75) is 86.1 Å². The molecule has 0 aliphatic carbocycles. The minimum atomic E-state index is -0.318. The summed E-state index contributed by atoms with van der Waals surface area (Å²) in [6.45, 7) is 12.8. The number of rotatable bonds is 9. The number of hydrogen-bond acceptors (Lipinski definition) is 1. The number of amides is 1. The molecule has 1 aromatic carbocycles. The Labute approximate surface area is 143 Å². The van der Waals surface area contributed by atoms with Gasteiger partial charge in [0.1, 0.15) is 0 Å². The van der Waals surface area contributed by atoms with E-state index in [9.17, 15) is 4.79 Å². The second kappa shape index (κ2) is 9.10. The highest BCUT2D eigenvalue weighted by molar-refractivity contribution is 5.97. The van der Waals surface area contributed by atoms with E-state index in [4.69, 9.17) is 0 Å². The Morgan fingerprint density at radius 3 is 2.43 bits per heavy atom. The van der Waals surface area contributed by atoms with Gasteiger partial charge in [-0.3, -0.25) is 4.79 Å². The van der Waals surface area contributed by atoms with Crippen molar-refractivity contribution in [1.82, 2.24) is 0 Å². The number of benzene rings is 1. The van der Waals surface area contributed by atoms with Crippen LogP contribution in [0.4, 0.5) is 5.69 Å². The van der Waals surface area contributed by atoms with Crippen molar-refractivity contribution < 1.29 is 4.79 Å². The van der Waals surface area contributed by atoms with Crippen LogP contribution in [-0.2, 0) is 11.2 Å². The van der Waals surface area contributed by atoms with Gasteiger partial charge in [0.25, 0.3) is 0 Å². The molecule has 0 aliphatic heterocycles. The Hall–Kier alpha value is -1.31. The number of nitrogens with zero attached hydrogens (tertiary/aromatic N) is 1. The lowest BCUT2D eigenvalue weighted by molar-refractivity contribution is -0.127. The van der Waals surface area contributed by atoms with Crippen molar-refractivity contribution in [2.24, 2.45) is 5.41 Å². The average molecular weight is 318 g/mol. The van der Waals surface area contributed by atoms with E-state index in [1.807, 2.05) is 0 Å². The average Bonchev–Trinajstić information content (AvgIpc) is 2.55. The van der Waals surface area contributed by atoms with Crippen LogP contribution in [0.15, 0.2) is 24.3 Å². The molecule has 2 nitrogen and oxygen atoms in total. The first kappa shape index (κ1) is 19.7. The molecule has 2 heteroatoms. The highest BCUT2D eigenvalue weighted by Gasteiger charge is 2.33. The molecule has 0 N–H and O–H groups in total. The van der Waals surface area contributed by atoms with Crippen molar-refractivity contribution in [3.63, 3.8) is 0 Å². The molecule has 0 aromatic heterocycles. The lowest BCUT2D eigenvalue weighted by Gasteiger charge is -2.36. The third-order valence-corrected chi connectivity index (χ3v) is 4.94. The SMILES string of the molecule is CCCCCC(C)N(C(=O)C(C)(C)CC)c1cccc(CC)c1. The fourth-order valence-electron chi connectivity index (χ4n) is 2.79. The number of hydrogen-bond donors (Lipinski definition) is 0. The van der Waals surface area contributed by atoms with Gasteiger partial charge >= 0.3 is 0 Å². The molecule has 1 amide bonds. The molecule has 23 heavy (non-hydrogen) atoms. The van der Waals surface area contributed by atoms with Crippen LogP contribution in [0.5, 0.6) is 0 Å². The lowest BCUT2D eigenvalue weighted by atomic mass is 9.87. The topological polar surface area (TPSA) is 20.3 Å². The molecule has 1 unspecified atom stereocenters. The Balaban J connectivity index is 3.11. The van der Waals surface area contributed by atoms with E-state index in [1.54, 1.807) is 0 Å². The highest BCUT2D eigenvalue weighted by Crippen LogP contribution is 2.30. The van der Waals surface area contributed by atoms with Gasteiger partial charge in [0.05, 0.1) is 0 Å². The fraction of sp³-hybridized carbons (Fsp3) is 0.667. The Morgan fingerprint density at radius 2 is 1.87 bits per heavy atom. The molecule has 0 radical (unpaired) electrons. The molecule has 130 valence electrons. The van der Waals surface area contributed by atoms with Crippen molar-refractivity contribution in [1.29, 1.82) is 0 Å². The van der Waals surface area contributed by atoms with E-state index in [1.165, 1.54) is 24.8 Å². The summed E-state index contributed by atoms with van der Waals surface area (Å²) < 4.78 is 0. The Morgan fingerprint density at radius 1 is 1.17 bits per heavy atom. The van der Waals surface area contributed by atoms with Crippen molar-refractivity contribution in [3.05, 3.63) is 29.8 Å². The quantitative estimate of drug-likeness (QED) is 0.512. The first-order chi connectivity index (χ1) is 10.9. The van der Waals surface area contributed by atoms with Crippen LogP contribution in [0, 0.1) is 5.41 Å². The molecule has 0 fully saturated rings. The molecule has 0 heterocycles. The van der Waals surface area contributed by atoms with Crippen LogP contribution in [-0.4, -0.2) is 11.9 Å². The first-order valence-electron chi connectivity index (χ1n) is 9.29. The summed E-state index contributed by atoms with van der Waals surface area (Å²) in [5.41, 5.74) is 2.02.